The Labute approximate surface area is 226 Å². The van der Waals surface area contributed by atoms with E-state index in [2.05, 4.69) is 10.1 Å². The average Bonchev–Trinajstić information content (AvgIpc) is 3.32. The van der Waals surface area contributed by atoms with Crippen molar-refractivity contribution in [2.75, 3.05) is 18.6 Å². The van der Waals surface area contributed by atoms with Gasteiger partial charge in [-0.3, -0.25) is 4.90 Å². The first kappa shape index (κ1) is 27.3. The van der Waals surface area contributed by atoms with E-state index in [4.69, 9.17) is 21.1 Å². The van der Waals surface area contributed by atoms with E-state index in [0.717, 1.165) is 12.8 Å². The highest BCUT2D eigenvalue weighted by Gasteiger charge is 2.35. The van der Waals surface area contributed by atoms with Crippen LogP contribution < -0.4 is 15.0 Å². The Kier molecular flexibility index (Phi) is 9.43. The second kappa shape index (κ2) is 13.1. The summed E-state index contributed by atoms with van der Waals surface area (Å²) >= 11 is 5.87. The van der Waals surface area contributed by atoms with E-state index in [1.807, 2.05) is 0 Å². The van der Waals surface area contributed by atoms with Crippen molar-refractivity contribution in [2.45, 2.75) is 44.2 Å². The number of ether oxygens (including phenoxy) is 3. The van der Waals surface area contributed by atoms with Gasteiger partial charge in [0.1, 0.15) is 23.9 Å². The van der Waals surface area contributed by atoms with Gasteiger partial charge in [-0.15, -0.1) is 0 Å². The first-order valence-corrected chi connectivity index (χ1v) is 12.9. The first-order chi connectivity index (χ1) is 18.4. The summed E-state index contributed by atoms with van der Waals surface area (Å²) in [5.41, 5.74) is 1.33. The van der Waals surface area contributed by atoms with Gasteiger partial charge in [0.05, 0.1) is 13.2 Å². The Hall–Kier alpha value is -3.78. The fraction of sp³-hybridized carbons (Fsp3) is 0.310. The normalized spacial score (nSPS) is 17.2. The SMILES string of the molecule is COC(=O)NC1CCCCC1.O=C1OC[C@H](c2cccc(F)c2)N1c1ccc(Oc2ccc(Cl)cc2)cc1. The molecule has 38 heavy (non-hydrogen) atoms. The number of benzene rings is 3. The molecule has 0 spiro atoms. The van der Waals surface area contributed by atoms with Crippen molar-refractivity contribution in [3.05, 3.63) is 89.2 Å². The van der Waals surface area contributed by atoms with E-state index in [9.17, 15) is 14.0 Å². The zero-order valence-corrected chi connectivity index (χ0v) is 21.8. The number of alkyl carbamates (subject to hydrolysis) is 1. The Morgan fingerprint density at radius 1 is 1.00 bits per heavy atom. The Bertz CT molecular complexity index is 1220. The molecule has 2 amide bonds. The number of hydrogen-bond donors (Lipinski definition) is 1. The highest BCUT2D eigenvalue weighted by atomic mass is 35.5. The standard InChI is InChI=1S/C21H15ClFNO3.C8H15NO2/c22-15-4-8-18(9-5-15)27-19-10-6-17(7-11-19)24-20(13-26-21(24)25)14-2-1-3-16(23)12-14;1-11-8(10)9-7-5-3-2-4-6-7/h1-12,20H,13H2;7H,2-6H2,1H3,(H,9,10)/t20-;/m1./s1. The topological polar surface area (TPSA) is 77.1 Å². The lowest BCUT2D eigenvalue weighted by molar-refractivity contribution is 0.163. The number of methoxy groups -OCH3 is 1. The molecule has 0 aromatic heterocycles. The predicted molar refractivity (Wildman–Crippen MR) is 143 cm³/mol. The number of halogens is 2. The van der Waals surface area contributed by atoms with Crippen LogP contribution in [-0.4, -0.2) is 31.9 Å². The summed E-state index contributed by atoms with van der Waals surface area (Å²) < 4.78 is 29.0. The number of rotatable bonds is 5. The van der Waals surface area contributed by atoms with Gasteiger partial charge in [-0.2, -0.15) is 0 Å². The van der Waals surface area contributed by atoms with Crippen molar-refractivity contribution in [3.8, 4) is 11.5 Å². The van der Waals surface area contributed by atoms with Crippen molar-refractivity contribution >= 4 is 29.5 Å². The summed E-state index contributed by atoms with van der Waals surface area (Å²) in [7, 11) is 1.40. The van der Waals surface area contributed by atoms with Gasteiger partial charge in [-0.05, 0) is 79.1 Å². The molecule has 3 aromatic carbocycles. The van der Waals surface area contributed by atoms with Crippen molar-refractivity contribution in [3.63, 3.8) is 0 Å². The number of nitrogens with one attached hydrogen (secondary N) is 1. The molecule has 0 bridgehead atoms. The number of nitrogens with zero attached hydrogens (tertiary/aromatic N) is 1. The maximum atomic E-state index is 13.6. The number of cyclic esters (lactones) is 1. The fourth-order valence-electron chi connectivity index (χ4n) is 4.45. The van der Waals surface area contributed by atoms with E-state index in [0.29, 0.717) is 33.8 Å². The number of amides is 2. The van der Waals surface area contributed by atoms with E-state index < -0.39 is 6.09 Å². The molecule has 0 unspecified atom stereocenters. The van der Waals surface area contributed by atoms with E-state index in [1.54, 1.807) is 60.7 Å². The van der Waals surface area contributed by atoms with Gasteiger partial charge < -0.3 is 19.5 Å². The number of carbonyl (C=O) groups excluding carboxylic acids is 2. The van der Waals surface area contributed by atoms with Gasteiger partial charge in [0.15, 0.2) is 0 Å². The molecule has 3 aromatic rings. The highest BCUT2D eigenvalue weighted by molar-refractivity contribution is 6.30. The van der Waals surface area contributed by atoms with Gasteiger partial charge in [-0.1, -0.05) is 43.0 Å². The summed E-state index contributed by atoms with van der Waals surface area (Å²) in [4.78, 5) is 24.5. The number of anilines is 1. The van der Waals surface area contributed by atoms with Crippen LogP contribution in [0.2, 0.25) is 5.02 Å². The van der Waals surface area contributed by atoms with Crippen LogP contribution in [0.25, 0.3) is 0 Å². The molecule has 0 radical (unpaired) electrons. The maximum Gasteiger partial charge on any atom is 0.415 e. The third-order valence-electron chi connectivity index (χ3n) is 6.38. The van der Waals surface area contributed by atoms with Gasteiger partial charge in [0, 0.05) is 16.8 Å². The summed E-state index contributed by atoms with van der Waals surface area (Å²) in [5.74, 6) is 0.930. The molecule has 200 valence electrons. The van der Waals surface area contributed by atoms with Crippen LogP contribution in [0.15, 0.2) is 72.8 Å². The minimum atomic E-state index is -0.462. The van der Waals surface area contributed by atoms with E-state index in [1.165, 1.54) is 43.4 Å². The first-order valence-electron chi connectivity index (χ1n) is 12.5. The molecule has 1 heterocycles. The van der Waals surface area contributed by atoms with Crippen LogP contribution in [0.3, 0.4) is 0 Å². The van der Waals surface area contributed by atoms with Crippen molar-refractivity contribution in [1.29, 1.82) is 0 Å². The van der Waals surface area contributed by atoms with Crippen molar-refractivity contribution < 1.29 is 28.2 Å². The van der Waals surface area contributed by atoms with Crippen LogP contribution in [-0.2, 0) is 9.47 Å². The Balaban J connectivity index is 0.000000257. The quantitative estimate of drug-likeness (QED) is 0.360. The van der Waals surface area contributed by atoms with E-state index in [-0.39, 0.29) is 24.6 Å². The van der Waals surface area contributed by atoms with Gasteiger partial charge in [-0.25, -0.2) is 14.0 Å². The molecular formula is C29H30ClFN2O5. The zero-order chi connectivity index (χ0) is 26.9. The van der Waals surface area contributed by atoms with Gasteiger partial charge in [0.25, 0.3) is 0 Å². The number of carbonyl (C=O) groups is 2. The summed E-state index contributed by atoms with van der Waals surface area (Å²) in [5, 5.41) is 3.44. The Morgan fingerprint density at radius 3 is 2.29 bits per heavy atom. The van der Waals surface area contributed by atoms with Gasteiger partial charge >= 0.3 is 12.2 Å². The zero-order valence-electron chi connectivity index (χ0n) is 21.1. The fourth-order valence-corrected chi connectivity index (χ4v) is 4.58. The molecule has 1 saturated heterocycles. The van der Waals surface area contributed by atoms with Crippen molar-refractivity contribution in [1.82, 2.24) is 5.32 Å². The molecule has 9 heteroatoms. The van der Waals surface area contributed by atoms with E-state index >= 15 is 0 Å². The summed E-state index contributed by atoms with van der Waals surface area (Å²) in [6.45, 7) is 0.172. The van der Waals surface area contributed by atoms with Crippen molar-refractivity contribution in [2.24, 2.45) is 0 Å². The van der Waals surface area contributed by atoms with Crippen LogP contribution in [0, 0.1) is 5.82 Å². The second-order valence-electron chi connectivity index (χ2n) is 9.04. The molecular weight excluding hydrogens is 511 g/mol. The van der Waals surface area contributed by atoms with Crippen LogP contribution in [0.4, 0.5) is 19.7 Å². The summed E-state index contributed by atoms with van der Waals surface area (Å²) in [6, 6.07) is 20.3. The lowest BCUT2D eigenvalue weighted by atomic mass is 9.96. The van der Waals surface area contributed by atoms with Gasteiger partial charge in [0.2, 0.25) is 0 Å². The monoisotopic (exact) mass is 540 g/mol. The summed E-state index contributed by atoms with van der Waals surface area (Å²) in [6.07, 6.45) is 5.22. The number of hydrogen-bond acceptors (Lipinski definition) is 5. The molecule has 1 saturated carbocycles. The lowest BCUT2D eigenvalue weighted by Gasteiger charge is -2.22. The van der Waals surface area contributed by atoms with Crippen LogP contribution >= 0.6 is 11.6 Å². The predicted octanol–water partition coefficient (Wildman–Crippen LogP) is 7.64. The molecule has 1 atom stereocenters. The maximum absolute atomic E-state index is 13.6. The third-order valence-corrected chi connectivity index (χ3v) is 6.64. The Morgan fingerprint density at radius 2 is 1.66 bits per heavy atom. The largest absolute Gasteiger partial charge is 0.457 e. The lowest BCUT2D eigenvalue weighted by Crippen LogP contribution is -2.35. The average molecular weight is 541 g/mol. The third kappa shape index (κ3) is 7.38. The minimum Gasteiger partial charge on any atom is -0.457 e. The highest BCUT2D eigenvalue weighted by Crippen LogP contribution is 2.34. The minimum absolute atomic E-state index is 0.172. The molecule has 2 aliphatic rings. The van der Waals surface area contributed by atoms with Crippen LogP contribution in [0.1, 0.15) is 43.7 Å². The molecule has 1 aliphatic carbocycles. The molecule has 1 N–H and O–H groups in total. The molecule has 5 rings (SSSR count). The molecule has 1 aliphatic heterocycles. The van der Waals surface area contributed by atoms with Crippen LogP contribution in [0.5, 0.6) is 11.5 Å². The molecule has 2 fully saturated rings. The smallest absolute Gasteiger partial charge is 0.415 e. The molecule has 7 nitrogen and oxygen atoms in total. The second-order valence-corrected chi connectivity index (χ2v) is 9.47.